The monoisotopic (exact) mass is 300 g/mol. The molecule has 1 heterocycles. The third-order valence-electron chi connectivity index (χ3n) is 3.19. The Bertz CT molecular complexity index is 586. The van der Waals surface area contributed by atoms with E-state index in [1.165, 1.54) is 6.07 Å². The molecule has 0 amide bonds. The maximum atomic E-state index is 13.8. The van der Waals surface area contributed by atoms with Crippen molar-refractivity contribution in [3.05, 3.63) is 29.8 Å². The fourth-order valence-corrected chi connectivity index (χ4v) is 2.38. The Morgan fingerprint density at radius 1 is 1.40 bits per heavy atom. The molecule has 0 N–H and O–H groups in total. The van der Waals surface area contributed by atoms with E-state index in [-0.39, 0.29) is 17.3 Å². The lowest BCUT2D eigenvalue weighted by molar-refractivity contribution is 0.0185. The van der Waals surface area contributed by atoms with Crippen LogP contribution in [0.2, 0.25) is 0 Å². The van der Waals surface area contributed by atoms with Crippen LogP contribution < -0.4 is 0 Å². The lowest BCUT2D eigenvalue weighted by Crippen LogP contribution is -2.24. The van der Waals surface area contributed by atoms with Crippen LogP contribution in [0, 0.1) is 5.82 Å². The number of methoxy groups -OCH3 is 2. The van der Waals surface area contributed by atoms with Crippen molar-refractivity contribution < 1.29 is 13.9 Å². The molecule has 2 atom stereocenters. The van der Waals surface area contributed by atoms with E-state index in [1.807, 2.05) is 17.6 Å². The largest absolute Gasteiger partial charge is 0.382 e. The topological polar surface area (TPSA) is 36.3 Å². The standard InChI is InChI=1S/C14H18ClFN2O2/c1-9(15)14-17-13-11(16)5-4-6-12(13)18(14)7-10(20-3)8-19-2/h4-6,9-10H,7-8H2,1-3H3. The van der Waals surface area contributed by atoms with E-state index in [2.05, 4.69) is 4.98 Å². The van der Waals surface area contributed by atoms with Crippen LogP contribution in [0.4, 0.5) is 4.39 Å². The summed E-state index contributed by atoms with van der Waals surface area (Å²) in [5, 5.41) is -0.318. The fourth-order valence-electron chi connectivity index (χ4n) is 2.21. The van der Waals surface area contributed by atoms with E-state index in [1.54, 1.807) is 20.3 Å². The highest BCUT2D eigenvalue weighted by Gasteiger charge is 2.19. The first-order valence-corrected chi connectivity index (χ1v) is 6.82. The number of aromatic nitrogens is 2. The van der Waals surface area contributed by atoms with Gasteiger partial charge in [-0.15, -0.1) is 11.6 Å². The van der Waals surface area contributed by atoms with E-state index in [4.69, 9.17) is 21.1 Å². The van der Waals surface area contributed by atoms with Gasteiger partial charge in [-0.05, 0) is 19.1 Å². The van der Waals surface area contributed by atoms with Gasteiger partial charge in [0.2, 0.25) is 0 Å². The zero-order valence-electron chi connectivity index (χ0n) is 11.8. The highest BCUT2D eigenvalue weighted by atomic mass is 35.5. The van der Waals surface area contributed by atoms with Crippen LogP contribution in [0.1, 0.15) is 18.1 Å². The smallest absolute Gasteiger partial charge is 0.151 e. The number of rotatable bonds is 6. The van der Waals surface area contributed by atoms with E-state index in [9.17, 15) is 4.39 Å². The molecule has 2 aromatic rings. The van der Waals surface area contributed by atoms with Gasteiger partial charge in [-0.1, -0.05) is 6.07 Å². The predicted molar refractivity (Wildman–Crippen MR) is 76.6 cm³/mol. The van der Waals surface area contributed by atoms with E-state index in [0.29, 0.717) is 30.0 Å². The second kappa shape index (κ2) is 6.52. The van der Waals surface area contributed by atoms with E-state index < -0.39 is 0 Å². The molecule has 2 unspecified atom stereocenters. The molecule has 0 fully saturated rings. The third-order valence-corrected chi connectivity index (χ3v) is 3.38. The summed E-state index contributed by atoms with van der Waals surface area (Å²) < 4.78 is 26.2. The Morgan fingerprint density at radius 3 is 2.75 bits per heavy atom. The molecule has 0 aliphatic heterocycles. The Balaban J connectivity index is 2.48. The van der Waals surface area contributed by atoms with Gasteiger partial charge in [-0.25, -0.2) is 9.37 Å². The minimum absolute atomic E-state index is 0.144. The number of benzene rings is 1. The third kappa shape index (κ3) is 2.95. The maximum absolute atomic E-state index is 13.8. The molecule has 0 spiro atoms. The average Bonchev–Trinajstić information content (AvgIpc) is 2.79. The summed E-state index contributed by atoms with van der Waals surface area (Å²) in [5.41, 5.74) is 1.05. The van der Waals surface area contributed by atoms with Crippen molar-refractivity contribution in [1.82, 2.24) is 9.55 Å². The Kier molecular flexibility index (Phi) is 4.96. The van der Waals surface area contributed by atoms with Crippen molar-refractivity contribution in [2.75, 3.05) is 20.8 Å². The van der Waals surface area contributed by atoms with Gasteiger partial charge < -0.3 is 14.0 Å². The molecular formula is C14H18ClFN2O2. The number of fused-ring (bicyclic) bond motifs is 1. The number of alkyl halides is 1. The highest BCUT2D eigenvalue weighted by Crippen LogP contribution is 2.26. The molecule has 0 aliphatic carbocycles. The molecule has 6 heteroatoms. The molecule has 4 nitrogen and oxygen atoms in total. The maximum Gasteiger partial charge on any atom is 0.151 e. The van der Waals surface area contributed by atoms with Crippen molar-refractivity contribution in [3.8, 4) is 0 Å². The number of imidazole rings is 1. The van der Waals surface area contributed by atoms with Crippen molar-refractivity contribution in [1.29, 1.82) is 0 Å². The number of para-hydroxylation sites is 1. The summed E-state index contributed by atoms with van der Waals surface area (Å²) >= 11 is 6.16. The Labute approximate surface area is 122 Å². The molecule has 0 radical (unpaired) electrons. The molecule has 0 bridgehead atoms. The summed E-state index contributed by atoms with van der Waals surface area (Å²) in [6.07, 6.45) is -0.144. The van der Waals surface area contributed by atoms with Crippen LogP contribution in [0.5, 0.6) is 0 Å². The lowest BCUT2D eigenvalue weighted by atomic mass is 10.3. The average molecular weight is 301 g/mol. The predicted octanol–water partition coefficient (Wildman–Crippen LogP) is 3.14. The molecule has 2 rings (SSSR count). The molecule has 110 valence electrons. The van der Waals surface area contributed by atoms with Gasteiger partial charge in [0.15, 0.2) is 5.82 Å². The van der Waals surface area contributed by atoms with Crippen molar-refractivity contribution in [2.24, 2.45) is 0 Å². The Morgan fingerprint density at radius 2 is 2.15 bits per heavy atom. The zero-order chi connectivity index (χ0) is 14.7. The first kappa shape index (κ1) is 15.2. The van der Waals surface area contributed by atoms with E-state index >= 15 is 0 Å². The van der Waals surface area contributed by atoms with Gasteiger partial charge in [0.25, 0.3) is 0 Å². The summed E-state index contributed by atoms with van der Waals surface area (Å²) in [6.45, 7) is 2.77. The zero-order valence-corrected chi connectivity index (χ0v) is 12.5. The van der Waals surface area contributed by atoms with Crippen LogP contribution in [0.15, 0.2) is 18.2 Å². The summed E-state index contributed by atoms with van der Waals surface area (Å²) in [6, 6.07) is 4.88. The van der Waals surface area contributed by atoms with Crippen LogP contribution in [0.25, 0.3) is 11.0 Å². The second-order valence-electron chi connectivity index (χ2n) is 4.62. The van der Waals surface area contributed by atoms with Gasteiger partial charge >= 0.3 is 0 Å². The van der Waals surface area contributed by atoms with Gasteiger partial charge in [0.05, 0.1) is 30.1 Å². The van der Waals surface area contributed by atoms with Crippen LogP contribution in [0.3, 0.4) is 0 Å². The first-order valence-electron chi connectivity index (χ1n) is 6.39. The molecule has 0 saturated carbocycles. The van der Waals surface area contributed by atoms with Gasteiger partial charge in [-0.2, -0.15) is 0 Å². The molecule has 1 aromatic heterocycles. The van der Waals surface area contributed by atoms with Crippen LogP contribution >= 0.6 is 11.6 Å². The second-order valence-corrected chi connectivity index (χ2v) is 5.27. The van der Waals surface area contributed by atoms with Gasteiger partial charge in [-0.3, -0.25) is 0 Å². The first-order chi connectivity index (χ1) is 9.58. The lowest BCUT2D eigenvalue weighted by Gasteiger charge is -2.18. The fraction of sp³-hybridized carbons (Fsp3) is 0.500. The SMILES string of the molecule is COCC(Cn1c(C(C)Cl)nc2c(F)cccc21)OC. The van der Waals surface area contributed by atoms with Crippen molar-refractivity contribution >= 4 is 22.6 Å². The van der Waals surface area contributed by atoms with Crippen molar-refractivity contribution in [2.45, 2.75) is 24.9 Å². The number of nitrogens with zero attached hydrogens (tertiary/aromatic N) is 2. The minimum atomic E-state index is -0.347. The van der Waals surface area contributed by atoms with Gasteiger partial charge in [0, 0.05) is 14.2 Å². The highest BCUT2D eigenvalue weighted by molar-refractivity contribution is 6.20. The molecule has 1 aromatic carbocycles. The van der Waals surface area contributed by atoms with E-state index in [0.717, 1.165) is 0 Å². The van der Waals surface area contributed by atoms with Gasteiger partial charge in [0.1, 0.15) is 11.3 Å². The Hall–Kier alpha value is -1.17. The number of hydrogen-bond acceptors (Lipinski definition) is 3. The van der Waals surface area contributed by atoms with Crippen molar-refractivity contribution in [3.63, 3.8) is 0 Å². The van der Waals surface area contributed by atoms with Crippen LogP contribution in [-0.4, -0.2) is 36.5 Å². The van der Waals surface area contributed by atoms with Crippen LogP contribution in [-0.2, 0) is 16.0 Å². The molecular weight excluding hydrogens is 283 g/mol. The molecule has 0 aliphatic rings. The number of hydrogen-bond donors (Lipinski definition) is 0. The molecule has 20 heavy (non-hydrogen) atoms. The summed E-state index contributed by atoms with van der Waals surface area (Å²) in [5.74, 6) is 0.283. The summed E-state index contributed by atoms with van der Waals surface area (Å²) in [4.78, 5) is 4.32. The quantitative estimate of drug-likeness (QED) is 0.769. The molecule has 0 saturated heterocycles. The summed E-state index contributed by atoms with van der Waals surface area (Å²) in [7, 11) is 3.23. The minimum Gasteiger partial charge on any atom is -0.382 e. The number of halogens is 2. The normalized spacial score (nSPS) is 14.7. The number of ether oxygens (including phenoxy) is 2.